The topological polar surface area (TPSA) is 61.4 Å². The smallest absolute Gasteiger partial charge is 0.322 e. The average Bonchev–Trinajstić information content (AvgIpc) is 3.08. The van der Waals surface area contributed by atoms with E-state index in [-0.39, 0.29) is 24.0 Å². The molecule has 1 aliphatic heterocycles. The zero-order chi connectivity index (χ0) is 16.9. The molecule has 3 unspecified atom stereocenters. The lowest BCUT2D eigenvalue weighted by atomic mass is 9.86. The van der Waals surface area contributed by atoms with Gasteiger partial charge in [0.15, 0.2) is 0 Å². The number of nitrogens with zero attached hydrogens (tertiary/aromatic N) is 1. The first kappa shape index (κ1) is 16.8. The standard InChI is InChI=1S/C19H27N3O2/c1-14-8-5-6-11-16(14)21-18(23)17-12-7-13-22(17)19(24)20-15-9-3-2-4-10-15/h2-4,9-10,14,16-17H,5-8,11-13H2,1H3,(H,20,24)(H,21,23). The quantitative estimate of drug-likeness (QED) is 0.893. The number of urea groups is 1. The Labute approximate surface area is 143 Å². The van der Waals surface area contributed by atoms with Gasteiger partial charge in [-0.25, -0.2) is 4.79 Å². The van der Waals surface area contributed by atoms with Crippen LogP contribution in [0.2, 0.25) is 0 Å². The van der Waals surface area contributed by atoms with Crippen LogP contribution < -0.4 is 10.6 Å². The van der Waals surface area contributed by atoms with Crippen LogP contribution in [0.25, 0.3) is 0 Å². The summed E-state index contributed by atoms with van der Waals surface area (Å²) in [6.45, 7) is 2.84. The van der Waals surface area contributed by atoms with Gasteiger partial charge in [-0.05, 0) is 43.7 Å². The van der Waals surface area contributed by atoms with Crippen molar-refractivity contribution in [3.63, 3.8) is 0 Å². The normalized spacial score (nSPS) is 26.9. The number of para-hydroxylation sites is 1. The van der Waals surface area contributed by atoms with E-state index in [1.54, 1.807) is 4.90 Å². The van der Waals surface area contributed by atoms with Gasteiger partial charge in [-0.15, -0.1) is 0 Å². The number of rotatable bonds is 3. The van der Waals surface area contributed by atoms with Crippen molar-refractivity contribution in [2.24, 2.45) is 5.92 Å². The van der Waals surface area contributed by atoms with Crippen LogP contribution in [-0.2, 0) is 4.79 Å². The highest BCUT2D eigenvalue weighted by Crippen LogP contribution is 2.25. The lowest BCUT2D eigenvalue weighted by Gasteiger charge is -2.32. The molecule has 1 heterocycles. The van der Waals surface area contributed by atoms with Crippen molar-refractivity contribution in [1.82, 2.24) is 10.2 Å². The first-order valence-corrected chi connectivity index (χ1v) is 9.08. The molecule has 5 nitrogen and oxygen atoms in total. The van der Waals surface area contributed by atoms with E-state index in [1.165, 1.54) is 19.3 Å². The van der Waals surface area contributed by atoms with Gasteiger partial charge in [-0.1, -0.05) is 38.0 Å². The molecule has 1 aromatic carbocycles. The fraction of sp³-hybridized carbons (Fsp3) is 0.579. The molecule has 0 radical (unpaired) electrons. The zero-order valence-electron chi connectivity index (χ0n) is 14.3. The summed E-state index contributed by atoms with van der Waals surface area (Å²) in [5.74, 6) is 0.533. The summed E-state index contributed by atoms with van der Waals surface area (Å²) in [5, 5.41) is 6.09. The Morgan fingerprint density at radius 2 is 1.79 bits per heavy atom. The van der Waals surface area contributed by atoms with E-state index in [2.05, 4.69) is 17.6 Å². The molecule has 3 atom stereocenters. The fourth-order valence-electron chi connectivity index (χ4n) is 3.81. The number of nitrogens with one attached hydrogen (secondary N) is 2. The maximum absolute atomic E-state index is 12.7. The minimum absolute atomic E-state index is 0.00876. The number of hydrogen-bond donors (Lipinski definition) is 2. The number of likely N-dealkylation sites (tertiary alicyclic amines) is 1. The molecule has 1 saturated carbocycles. The monoisotopic (exact) mass is 329 g/mol. The van der Waals surface area contributed by atoms with Gasteiger partial charge < -0.3 is 15.5 Å². The predicted molar refractivity (Wildman–Crippen MR) is 94.8 cm³/mol. The lowest BCUT2D eigenvalue weighted by molar-refractivity contribution is -0.125. The largest absolute Gasteiger partial charge is 0.351 e. The number of hydrogen-bond acceptors (Lipinski definition) is 2. The molecule has 3 rings (SSSR count). The van der Waals surface area contributed by atoms with Crippen LogP contribution in [0, 0.1) is 5.92 Å². The molecule has 3 amide bonds. The van der Waals surface area contributed by atoms with E-state index in [4.69, 9.17) is 0 Å². The lowest BCUT2D eigenvalue weighted by Crippen LogP contribution is -2.51. The average molecular weight is 329 g/mol. The number of benzene rings is 1. The molecule has 1 aliphatic carbocycles. The highest BCUT2D eigenvalue weighted by atomic mass is 16.2. The van der Waals surface area contributed by atoms with Crippen molar-refractivity contribution >= 4 is 17.6 Å². The minimum Gasteiger partial charge on any atom is -0.351 e. The van der Waals surface area contributed by atoms with Crippen LogP contribution in [0.3, 0.4) is 0 Å². The molecule has 2 N–H and O–H groups in total. The van der Waals surface area contributed by atoms with Crippen molar-refractivity contribution in [2.75, 3.05) is 11.9 Å². The Bertz CT molecular complexity index is 575. The molecule has 130 valence electrons. The van der Waals surface area contributed by atoms with E-state index in [1.807, 2.05) is 30.3 Å². The summed E-state index contributed by atoms with van der Waals surface area (Å²) >= 11 is 0. The predicted octanol–water partition coefficient (Wildman–Crippen LogP) is 3.38. The molecule has 5 heteroatoms. The van der Waals surface area contributed by atoms with Crippen molar-refractivity contribution in [3.8, 4) is 0 Å². The van der Waals surface area contributed by atoms with E-state index < -0.39 is 0 Å². The summed E-state index contributed by atoms with van der Waals surface area (Å²) in [4.78, 5) is 26.9. The van der Waals surface area contributed by atoms with Crippen molar-refractivity contribution in [1.29, 1.82) is 0 Å². The van der Waals surface area contributed by atoms with Crippen LogP contribution in [0.4, 0.5) is 10.5 Å². The number of carbonyl (C=O) groups excluding carboxylic acids is 2. The van der Waals surface area contributed by atoms with Crippen molar-refractivity contribution < 1.29 is 9.59 Å². The molecule has 1 saturated heterocycles. The van der Waals surface area contributed by atoms with Crippen molar-refractivity contribution in [2.45, 2.75) is 57.5 Å². The summed E-state index contributed by atoms with van der Waals surface area (Å²) in [6.07, 6.45) is 6.28. The maximum Gasteiger partial charge on any atom is 0.322 e. The Balaban J connectivity index is 1.59. The van der Waals surface area contributed by atoms with Gasteiger partial charge in [0.2, 0.25) is 5.91 Å². The fourth-order valence-corrected chi connectivity index (χ4v) is 3.81. The zero-order valence-corrected chi connectivity index (χ0v) is 14.3. The summed E-state index contributed by atoms with van der Waals surface area (Å²) in [5.41, 5.74) is 0.759. The molecule has 0 aromatic heterocycles. The van der Waals surface area contributed by atoms with Gasteiger partial charge in [-0.2, -0.15) is 0 Å². The molecule has 0 spiro atoms. The molecular formula is C19H27N3O2. The van der Waals surface area contributed by atoms with Crippen LogP contribution in [-0.4, -0.2) is 35.5 Å². The second-order valence-electron chi connectivity index (χ2n) is 7.02. The molecule has 2 aliphatic rings. The third-order valence-electron chi connectivity index (χ3n) is 5.28. The van der Waals surface area contributed by atoms with Gasteiger partial charge in [0.1, 0.15) is 6.04 Å². The van der Waals surface area contributed by atoms with E-state index >= 15 is 0 Å². The van der Waals surface area contributed by atoms with Gasteiger partial charge in [0, 0.05) is 18.3 Å². The van der Waals surface area contributed by atoms with Crippen LogP contribution >= 0.6 is 0 Å². The third kappa shape index (κ3) is 3.89. The van der Waals surface area contributed by atoms with E-state index in [0.717, 1.165) is 24.9 Å². The highest BCUT2D eigenvalue weighted by molar-refractivity contribution is 5.94. The molecule has 1 aromatic rings. The summed E-state index contributed by atoms with van der Waals surface area (Å²) < 4.78 is 0. The second-order valence-corrected chi connectivity index (χ2v) is 7.02. The minimum atomic E-state index is -0.345. The van der Waals surface area contributed by atoms with Gasteiger partial charge in [0.05, 0.1) is 0 Å². The van der Waals surface area contributed by atoms with Crippen LogP contribution in [0.5, 0.6) is 0 Å². The van der Waals surface area contributed by atoms with Gasteiger partial charge in [-0.3, -0.25) is 4.79 Å². The SMILES string of the molecule is CC1CCCCC1NC(=O)C1CCCN1C(=O)Nc1ccccc1. The Morgan fingerprint density at radius 1 is 1.04 bits per heavy atom. The Kier molecular flexibility index (Phi) is 5.38. The molecular weight excluding hydrogens is 302 g/mol. The molecule has 24 heavy (non-hydrogen) atoms. The first-order valence-electron chi connectivity index (χ1n) is 9.08. The van der Waals surface area contributed by atoms with E-state index in [9.17, 15) is 9.59 Å². The first-order chi connectivity index (χ1) is 11.6. The van der Waals surface area contributed by atoms with Gasteiger partial charge in [0.25, 0.3) is 0 Å². The van der Waals surface area contributed by atoms with Gasteiger partial charge >= 0.3 is 6.03 Å². The molecule has 2 fully saturated rings. The number of anilines is 1. The second kappa shape index (κ2) is 7.69. The summed E-state index contributed by atoms with van der Waals surface area (Å²) in [6, 6.07) is 9.11. The van der Waals surface area contributed by atoms with Crippen LogP contribution in [0.15, 0.2) is 30.3 Å². The van der Waals surface area contributed by atoms with E-state index in [0.29, 0.717) is 12.5 Å². The molecule has 0 bridgehead atoms. The third-order valence-corrected chi connectivity index (χ3v) is 5.28. The Morgan fingerprint density at radius 3 is 2.54 bits per heavy atom. The maximum atomic E-state index is 12.7. The number of carbonyl (C=O) groups is 2. The summed E-state index contributed by atoms with van der Waals surface area (Å²) in [7, 11) is 0. The number of amides is 3. The highest BCUT2D eigenvalue weighted by Gasteiger charge is 2.35. The van der Waals surface area contributed by atoms with Crippen LogP contribution in [0.1, 0.15) is 45.4 Å². The Hall–Kier alpha value is -2.04. The van der Waals surface area contributed by atoms with Crippen molar-refractivity contribution in [3.05, 3.63) is 30.3 Å².